The second kappa shape index (κ2) is 4.79. The minimum Gasteiger partial charge on any atom is -0.294 e. The first-order valence-corrected chi connectivity index (χ1v) is 6.54. The van der Waals surface area contributed by atoms with Crippen LogP contribution in [0.4, 0.5) is 0 Å². The number of benzene rings is 1. The van der Waals surface area contributed by atoms with Gasteiger partial charge in [-0.15, -0.1) is 16.4 Å². The Hall–Kier alpha value is -2.25. The molecule has 1 amide bonds. The number of aromatic nitrogens is 3. The Morgan fingerprint density at radius 2 is 2.16 bits per heavy atom. The average molecular weight is 273 g/mol. The number of hydrazine groups is 1. The first kappa shape index (κ1) is 11.8. The van der Waals surface area contributed by atoms with Crippen LogP contribution in [0.2, 0.25) is 0 Å². The molecule has 0 saturated heterocycles. The first-order chi connectivity index (χ1) is 9.28. The highest BCUT2D eigenvalue weighted by molar-refractivity contribution is 7.15. The molecule has 3 N–H and O–H groups in total. The van der Waals surface area contributed by atoms with Crippen molar-refractivity contribution in [1.82, 2.24) is 20.0 Å². The van der Waals surface area contributed by atoms with Gasteiger partial charge in [0.25, 0.3) is 0 Å². The lowest BCUT2D eigenvalue weighted by Crippen LogP contribution is -2.31. The van der Waals surface area contributed by atoms with Gasteiger partial charge in [-0.25, -0.2) is 10.4 Å². The van der Waals surface area contributed by atoms with E-state index in [4.69, 9.17) is 5.84 Å². The van der Waals surface area contributed by atoms with Crippen molar-refractivity contribution < 1.29 is 4.79 Å². The van der Waals surface area contributed by atoms with Crippen molar-refractivity contribution in [2.75, 3.05) is 0 Å². The molecule has 0 bridgehead atoms. The summed E-state index contributed by atoms with van der Waals surface area (Å²) >= 11 is 1.45. The molecule has 0 spiro atoms. The monoisotopic (exact) mass is 273 g/mol. The normalized spacial score (nSPS) is 10.8. The minimum absolute atomic E-state index is 0.189. The number of hydrogen-bond donors (Lipinski definition) is 2. The Labute approximate surface area is 112 Å². The predicted molar refractivity (Wildman–Crippen MR) is 72.3 cm³/mol. The molecular formula is C12H11N5OS. The number of nitrogens with one attached hydrogen (secondary N) is 1. The number of fused-ring (bicyclic) bond motifs is 1. The summed E-state index contributed by atoms with van der Waals surface area (Å²) in [6, 6.07) is 9.72. The third-order valence-corrected chi connectivity index (χ3v) is 3.55. The van der Waals surface area contributed by atoms with E-state index >= 15 is 0 Å². The van der Waals surface area contributed by atoms with E-state index in [-0.39, 0.29) is 12.3 Å². The van der Waals surface area contributed by atoms with Crippen molar-refractivity contribution in [3.8, 4) is 11.4 Å². The fourth-order valence-electron chi connectivity index (χ4n) is 1.77. The number of carbonyl (C=O) groups is 1. The molecule has 0 aliphatic rings. The number of nitrogens with zero attached hydrogens (tertiary/aromatic N) is 3. The standard InChI is InChI=1S/C12H11N5OS/c13-15-10(18)6-9-7-19-12-14-11(16-17(9)12)8-4-2-1-3-5-8/h1-5,7H,6,13H2,(H,15,18). The maximum atomic E-state index is 11.3. The van der Waals surface area contributed by atoms with Crippen LogP contribution in [-0.4, -0.2) is 20.5 Å². The predicted octanol–water partition coefficient (Wildman–Crippen LogP) is 0.990. The van der Waals surface area contributed by atoms with E-state index < -0.39 is 0 Å². The molecule has 0 saturated carbocycles. The van der Waals surface area contributed by atoms with E-state index in [0.717, 1.165) is 16.2 Å². The van der Waals surface area contributed by atoms with Crippen molar-refractivity contribution in [3.63, 3.8) is 0 Å². The van der Waals surface area contributed by atoms with Gasteiger partial charge in [-0.1, -0.05) is 30.3 Å². The van der Waals surface area contributed by atoms with Crippen molar-refractivity contribution in [2.45, 2.75) is 6.42 Å². The van der Waals surface area contributed by atoms with Gasteiger partial charge in [-0.3, -0.25) is 10.2 Å². The van der Waals surface area contributed by atoms with Crippen molar-refractivity contribution >= 4 is 22.2 Å². The third kappa shape index (κ3) is 2.20. The molecule has 6 nitrogen and oxygen atoms in total. The van der Waals surface area contributed by atoms with Crippen molar-refractivity contribution in [3.05, 3.63) is 41.4 Å². The van der Waals surface area contributed by atoms with Gasteiger partial charge in [-0.2, -0.15) is 4.98 Å². The molecule has 0 fully saturated rings. The zero-order valence-corrected chi connectivity index (χ0v) is 10.7. The fourth-order valence-corrected chi connectivity index (χ4v) is 2.60. The summed E-state index contributed by atoms with van der Waals surface area (Å²) in [7, 11) is 0. The molecule has 2 heterocycles. The van der Waals surface area contributed by atoms with E-state index in [0.29, 0.717) is 5.82 Å². The van der Waals surface area contributed by atoms with Crippen LogP contribution >= 0.6 is 11.3 Å². The topological polar surface area (TPSA) is 85.3 Å². The van der Waals surface area contributed by atoms with Gasteiger partial charge in [0, 0.05) is 10.9 Å². The maximum absolute atomic E-state index is 11.3. The molecule has 3 rings (SSSR count). The highest BCUT2D eigenvalue weighted by Crippen LogP contribution is 2.20. The molecule has 1 aromatic carbocycles. The summed E-state index contributed by atoms with van der Waals surface area (Å²) in [5, 5.41) is 6.29. The van der Waals surface area contributed by atoms with Crippen LogP contribution in [0.1, 0.15) is 5.69 Å². The number of nitrogens with two attached hydrogens (primary N) is 1. The summed E-state index contributed by atoms with van der Waals surface area (Å²) < 4.78 is 1.68. The zero-order valence-electron chi connectivity index (χ0n) is 9.91. The minimum atomic E-state index is -0.253. The third-order valence-electron chi connectivity index (χ3n) is 2.68. The summed E-state index contributed by atoms with van der Waals surface area (Å²) in [5.74, 6) is 5.49. The lowest BCUT2D eigenvalue weighted by atomic mass is 10.2. The SMILES string of the molecule is NNC(=O)Cc1csc2nc(-c3ccccc3)nn12. The quantitative estimate of drug-likeness (QED) is 0.423. The lowest BCUT2D eigenvalue weighted by Gasteiger charge is -1.97. The summed E-state index contributed by atoms with van der Waals surface area (Å²) in [6.07, 6.45) is 0.189. The van der Waals surface area contributed by atoms with Crippen molar-refractivity contribution in [2.24, 2.45) is 5.84 Å². The summed E-state index contributed by atoms with van der Waals surface area (Å²) in [6.45, 7) is 0. The van der Waals surface area contributed by atoms with Crippen molar-refractivity contribution in [1.29, 1.82) is 0 Å². The highest BCUT2D eigenvalue weighted by Gasteiger charge is 2.13. The van der Waals surface area contributed by atoms with Crippen LogP contribution in [-0.2, 0) is 11.2 Å². The number of thiazole rings is 1. The number of amides is 1. The molecule has 0 aliphatic carbocycles. The number of hydrogen-bond acceptors (Lipinski definition) is 5. The maximum Gasteiger partial charge on any atom is 0.239 e. The van der Waals surface area contributed by atoms with Crippen LogP contribution in [0.15, 0.2) is 35.7 Å². The van der Waals surface area contributed by atoms with Gasteiger partial charge in [0.1, 0.15) is 0 Å². The largest absolute Gasteiger partial charge is 0.294 e. The Morgan fingerprint density at radius 3 is 2.89 bits per heavy atom. The van der Waals surface area contributed by atoms with Gasteiger partial charge in [0.2, 0.25) is 10.9 Å². The molecule has 96 valence electrons. The number of carbonyl (C=O) groups excluding carboxylic acids is 1. The molecule has 3 aromatic rings. The molecule has 7 heteroatoms. The van der Waals surface area contributed by atoms with Crippen LogP contribution in [0.5, 0.6) is 0 Å². The first-order valence-electron chi connectivity index (χ1n) is 5.66. The van der Waals surface area contributed by atoms with Gasteiger partial charge in [0.05, 0.1) is 12.1 Å². The summed E-state index contributed by atoms with van der Waals surface area (Å²) in [4.78, 5) is 16.5. The van der Waals surface area contributed by atoms with Crippen LogP contribution in [0.25, 0.3) is 16.3 Å². The molecule has 19 heavy (non-hydrogen) atoms. The Kier molecular flexibility index (Phi) is 2.98. The van der Waals surface area contributed by atoms with Crippen LogP contribution < -0.4 is 11.3 Å². The van der Waals surface area contributed by atoms with E-state index in [2.05, 4.69) is 15.5 Å². The average Bonchev–Trinajstić information content (AvgIpc) is 3.02. The molecule has 0 aliphatic heterocycles. The van der Waals surface area contributed by atoms with E-state index in [1.807, 2.05) is 35.7 Å². The molecular weight excluding hydrogens is 262 g/mol. The number of rotatable bonds is 3. The molecule has 0 radical (unpaired) electrons. The second-order valence-electron chi connectivity index (χ2n) is 3.97. The van der Waals surface area contributed by atoms with Crippen LogP contribution in [0.3, 0.4) is 0 Å². The Balaban J connectivity index is 2.00. The van der Waals surface area contributed by atoms with Gasteiger partial charge < -0.3 is 0 Å². The molecule has 0 unspecified atom stereocenters. The van der Waals surface area contributed by atoms with E-state index in [1.54, 1.807) is 4.52 Å². The Morgan fingerprint density at radius 1 is 1.37 bits per heavy atom. The van der Waals surface area contributed by atoms with E-state index in [9.17, 15) is 4.79 Å². The van der Waals surface area contributed by atoms with Gasteiger partial charge in [-0.05, 0) is 0 Å². The molecule has 0 atom stereocenters. The van der Waals surface area contributed by atoms with Gasteiger partial charge in [0.15, 0.2) is 5.82 Å². The highest BCUT2D eigenvalue weighted by atomic mass is 32.1. The molecule has 2 aromatic heterocycles. The zero-order chi connectivity index (χ0) is 13.2. The lowest BCUT2D eigenvalue weighted by molar-refractivity contribution is -0.120. The smallest absolute Gasteiger partial charge is 0.239 e. The summed E-state index contributed by atoms with van der Waals surface area (Å²) in [5.41, 5.74) is 3.84. The van der Waals surface area contributed by atoms with Crippen LogP contribution in [0, 0.1) is 0 Å². The second-order valence-corrected chi connectivity index (χ2v) is 4.80. The van der Waals surface area contributed by atoms with E-state index in [1.165, 1.54) is 11.3 Å². The fraction of sp³-hybridized carbons (Fsp3) is 0.0833. The Bertz CT molecular complexity index is 718. The van der Waals surface area contributed by atoms with Gasteiger partial charge >= 0.3 is 0 Å².